The molecule has 1 aliphatic rings. The zero-order chi connectivity index (χ0) is 14.1. The zero-order valence-corrected chi connectivity index (χ0v) is 12.3. The first-order chi connectivity index (χ1) is 8.06. The van der Waals surface area contributed by atoms with Gasteiger partial charge in [0.05, 0.1) is 0 Å². The van der Waals surface area contributed by atoms with Crippen molar-refractivity contribution < 1.29 is 9.90 Å². The van der Waals surface area contributed by atoms with Crippen LogP contribution in [0.1, 0.15) is 53.9 Å². The van der Waals surface area contributed by atoms with Crippen LogP contribution in [-0.2, 0) is 4.79 Å². The molecule has 0 aromatic heterocycles. The van der Waals surface area contributed by atoms with E-state index in [0.29, 0.717) is 17.5 Å². The van der Waals surface area contributed by atoms with Crippen molar-refractivity contribution in [1.82, 2.24) is 0 Å². The fraction of sp³-hybridized carbons (Fsp3) is 0.800. The summed E-state index contributed by atoms with van der Waals surface area (Å²) < 4.78 is 0. The van der Waals surface area contributed by atoms with Gasteiger partial charge in [-0.05, 0) is 38.0 Å². The molecule has 1 aliphatic carbocycles. The monoisotopic (exact) mass is 253 g/mol. The summed E-state index contributed by atoms with van der Waals surface area (Å²) >= 11 is 0. The quantitative estimate of drug-likeness (QED) is 0.795. The zero-order valence-electron chi connectivity index (χ0n) is 12.3. The van der Waals surface area contributed by atoms with Crippen LogP contribution in [0.5, 0.6) is 0 Å². The first-order valence-electron chi connectivity index (χ1n) is 6.79. The van der Waals surface area contributed by atoms with Gasteiger partial charge in [-0.2, -0.15) is 0 Å². The van der Waals surface area contributed by atoms with Crippen LogP contribution >= 0.6 is 0 Å². The Bertz CT molecular complexity index is 354. The Labute approximate surface area is 110 Å². The molecule has 0 saturated heterocycles. The first-order valence-corrected chi connectivity index (χ1v) is 6.79. The second-order valence-electron chi connectivity index (χ2n) is 6.94. The lowest BCUT2D eigenvalue weighted by atomic mass is 9.65. The summed E-state index contributed by atoms with van der Waals surface area (Å²) in [4.78, 5) is 12.0. The molecule has 3 heteroatoms. The highest BCUT2D eigenvalue weighted by Gasteiger charge is 2.46. The van der Waals surface area contributed by atoms with Crippen molar-refractivity contribution in [2.24, 2.45) is 23.0 Å². The van der Waals surface area contributed by atoms with E-state index in [-0.39, 0.29) is 5.78 Å². The fourth-order valence-corrected chi connectivity index (χ4v) is 2.86. The Morgan fingerprint density at radius 3 is 2.50 bits per heavy atom. The maximum atomic E-state index is 12.0. The highest BCUT2D eigenvalue weighted by molar-refractivity contribution is 5.97. The van der Waals surface area contributed by atoms with E-state index in [9.17, 15) is 9.90 Å². The van der Waals surface area contributed by atoms with Gasteiger partial charge in [0.1, 0.15) is 5.60 Å². The highest BCUT2D eigenvalue weighted by Crippen LogP contribution is 2.42. The number of aliphatic hydroxyl groups is 1. The second-order valence-corrected chi connectivity index (χ2v) is 6.94. The molecule has 0 fully saturated rings. The average molecular weight is 253 g/mol. The van der Waals surface area contributed by atoms with Gasteiger partial charge >= 0.3 is 0 Å². The minimum absolute atomic E-state index is 0.270. The average Bonchev–Trinajstić information content (AvgIpc) is 2.13. The lowest BCUT2D eigenvalue weighted by molar-refractivity contribution is -0.145. The van der Waals surface area contributed by atoms with Gasteiger partial charge in [-0.25, -0.2) is 0 Å². The highest BCUT2D eigenvalue weighted by atomic mass is 16.3. The molecule has 0 radical (unpaired) electrons. The molecule has 0 bridgehead atoms. The lowest BCUT2D eigenvalue weighted by Gasteiger charge is -2.42. The maximum absolute atomic E-state index is 12.0. The number of rotatable bonds is 2. The predicted molar refractivity (Wildman–Crippen MR) is 73.9 cm³/mol. The van der Waals surface area contributed by atoms with Gasteiger partial charge in [0.25, 0.3) is 0 Å². The molecule has 2 atom stereocenters. The third kappa shape index (κ3) is 3.14. The molecule has 1 rings (SSSR count). The van der Waals surface area contributed by atoms with Crippen molar-refractivity contribution in [1.29, 1.82) is 0 Å². The van der Waals surface area contributed by atoms with Gasteiger partial charge in [-0.3, -0.25) is 4.79 Å². The van der Waals surface area contributed by atoms with Gasteiger partial charge < -0.3 is 10.8 Å². The molecule has 3 nitrogen and oxygen atoms in total. The molecule has 0 unspecified atom stereocenters. The third-order valence-corrected chi connectivity index (χ3v) is 4.24. The molecule has 0 amide bonds. The Morgan fingerprint density at radius 2 is 2.00 bits per heavy atom. The van der Waals surface area contributed by atoms with Crippen molar-refractivity contribution in [3.05, 3.63) is 11.8 Å². The van der Waals surface area contributed by atoms with Crippen LogP contribution in [0.15, 0.2) is 11.8 Å². The summed E-state index contributed by atoms with van der Waals surface area (Å²) in [7, 11) is 0. The number of carbonyl (C=O) groups is 1. The van der Waals surface area contributed by atoms with E-state index in [2.05, 4.69) is 13.8 Å². The van der Waals surface area contributed by atoms with Crippen LogP contribution in [0.25, 0.3) is 0 Å². The molecule has 0 aliphatic heterocycles. The van der Waals surface area contributed by atoms with Gasteiger partial charge in [0.15, 0.2) is 5.78 Å². The number of nitrogens with two attached hydrogens (primary N) is 1. The Balaban J connectivity index is 3.07. The molecule has 104 valence electrons. The fourth-order valence-electron chi connectivity index (χ4n) is 2.86. The number of ketones is 1. The SMILES string of the molecule is CC(C)C[C@@H]1C/C(N)=C/C(=O)[C@@](C)(O)C(C)(C)C1. The molecule has 0 aromatic rings. The smallest absolute Gasteiger partial charge is 0.189 e. The van der Waals surface area contributed by atoms with E-state index >= 15 is 0 Å². The van der Waals surface area contributed by atoms with Crippen LogP contribution in [0, 0.1) is 17.3 Å². The number of hydrogen-bond acceptors (Lipinski definition) is 3. The van der Waals surface area contributed by atoms with Crippen molar-refractivity contribution >= 4 is 5.78 Å². The van der Waals surface area contributed by atoms with Gasteiger partial charge in [-0.15, -0.1) is 0 Å². The van der Waals surface area contributed by atoms with Crippen LogP contribution < -0.4 is 5.73 Å². The summed E-state index contributed by atoms with van der Waals surface area (Å²) in [6.07, 6.45) is 4.07. The topological polar surface area (TPSA) is 63.3 Å². The summed E-state index contributed by atoms with van der Waals surface area (Å²) in [5, 5.41) is 10.5. The number of carbonyl (C=O) groups excluding carboxylic acids is 1. The molecule has 18 heavy (non-hydrogen) atoms. The van der Waals surface area contributed by atoms with Crippen molar-refractivity contribution in [2.45, 2.75) is 59.5 Å². The molecule has 0 aromatic carbocycles. The van der Waals surface area contributed by atoms with Crippen LogP contribution in [0.4, 0.5) is 0 Å². The van der Waals surface area contributed by atoms with Crippen molar-refractivity contribution in [2.75, 3.05) is 0 Å². The van der Waals surface area contributed by atoms with E-state index < -0.39 is 11.0 Å². The Kier molecular flexibility index (Phi) is 4.26. The Hall–Kier alpha value is -0.830. The van der Waals surface area contributed by atoms with Gasteiger partial charge in [0, 0.05) is 17.2 Å². The summed E-state index contributed by atoms with van der Waals surface area (Å²) in [6, 6.07) is 0. The Morgan fingerprint density at radius 1 is 1.44 bits per heavy atom. The van der Waals surface area contributed by atoms with E-state index in [0.717, 1.165) is 19.3 Å². The largest absolute Gasteiger partial charge is 0.402 e. The van der Waals surface area contributed by atoms with Gasteiger partial charge in [0.2, 0.25) is 0 Å². The molecule has 0 heterocycles. The van der Waals surface area contributed by atoms with E-state index in [1.807, 2.05) is 13.8 Å². The minimum atomic E-state index is -1.34. The molecular weight excluding hydrogens is 226 g/mol. The minimum Gasteiger partial charge on any atom is -0.402 e. The normalized spacial score (nSPS) is 35.8. The molecule has 3 N–H and O–H groups in total. The second kappa shape index (κ2) is 5.04. The molecule has 0 spiro atoms. The summed E-state index contributed by atoms with van der Waals surface area (Å²) in [5.74, 6) is 0.752. The summed E-state index contributed by atoms with van der Waals surface area (Å²) in [5.41, 5.74) is 4.73. The predicted octanol–water partition coefficient (Wildman–Crippen LogP) is 2.63. The van der Waals surface area contributed by atoms with Crippen LogP contribution in [0.3, 0.4) is 0 Å². The number of hydrogen-bond donors (Lipinski definition) is 2. The van der Waals surface area contributed by atoms with Crippen molar-refractivity contribution in [3.63, 3.8) is 0 Å². The van der Waals surface area contributed by atoms with E-state index in [1.54, 1.807) is 6.92 Å². The van der Waals surface area contributed by atoms with Crippen molar-refractivity contribution in [3.8, 4) is 0 Å². The lowest BCUT2D eigenvalue weighted by Crippen LogP contribution is -2.50. The number of allylic oxidation sites excluding steroid dienone is 1. The van der Waals surface area contributed by atoms with E-state index in [4.69, 9.17) is 5.73 Å². The van der Waals surface area contributed by atoms with E-state index in [1.165, 1.54) is 6.08 Å². The van der Waals surface area contributed by atoms with Crippen LogP contribution in [0.2, 0.25) is 0 Å². The molecule has 0 saturated carbocycles. The molecular formula is C15H27NO2. The van der Waals surface area contributed by atoms with Crippen LogP contribution in [-0.4, -0.2) is 16.5 Å². The third-order valence-electron chi connectivity index (χ3n) is 4.24. The first kappa shape index (κ1) is 15.2. The standard InChI is InChI=1S/C15H27NO2/c1-10(2)6-11-7-12(16)8-13(17)15(5,18)14(3,4)9-11/h8,10-11,18H,6-7,9,16H2,1-5H3/b12-8-/t11-,15-/m1/s1. The van der Waals surface area contributed by atoms with Gasteiger partial charge in [-0.1, -0.05) is 27.7 Å². The summed E-state index contributed by atoms with van der Waals surface area (Å²) in [6.45, 7) is 9.92. The maximum Gasteiger partial charge on any atom is 0.189 e.